The molecule has 2 amide bonds. The molecule has 2 rings (SSSR count). The molecule has 1 unspecified atom stereocenters. The van der Waals surface area contributed by atoms with Crippen molar-refractivity contribution >= 4 is 11.8 Å². The van der Waals surface area contributed by atoms with Crippen molar-refractivity contribution in [2.45, 2.75) is 19.4 Å². The van der Waals surface area contributed by atoms with Gasteiger partial charge in [0.15, 0.2) is 0 Å². The smallest absolute Gasteiger partial charge is 0.252 e. The standard InChI is InChI=1S/C13H16N2O3/c1-8-9(4-3-5-11(8)16)12(17)14-10-6-7-15(2)13(10)18/h3-5,10,16H,6-7H2,1-2H3,(H,14,17). The summed E-state index contributed by atoms with van der Waals surface area (Å²) in [6.07, 6.45) is 0.624. The summed E-state index contributed by atoms with van der Waals surface area (Å²) in [7, 11) is 1.72. The Bertz CT molecular complexity index is 499. The molecule has 0 aliphatic carbocycles. The predicted molar refractivity (Wildman–Crippen MR) is 66.4 cm³/mol. The van der Waals surface area contributed by atoms with E-state index >= 15 is 0 Å². The van der Waals surface area contributed by atoms with Crippen molar-refractivity contribution in [3.8, 4) is 5.75 Å². The summed E-state index contributed by atoms with van der Waals surface area (Å²) >= 11 is 0. The van der Waals surface area contributed by atoms with Gasteiger partial charge in [0.05, 0.1) is 0 Å². The van der Waals surface area contributed by atoms with Crippen LogP contribution in [-0.2, 0) is 4.79 Å². The number of hydrogen-bond donors (Lipinski definition) is 2. The predicted octanol–water partition coefficient (Wildman–Crippen LogP) is 0.661. The molecule has 0 spiro atoms. The molecule has 1 atom stereocenters. The van der Waals surface area contributed by atoms with Crippen molar-refractivity contribution in [1.29, 1.82) is 0 Å². The number of rotatable bonds is 2. The Kier molecular flexibility index (Phi) is 3.23. The zero-order valence-corrected chi connectivity index (χ0v) is 10.4. The van der Waals surface area contributed by atoms with Crippen LogP contribution in [0.5, 0.6) is 5.75 Å². The van der Waals surface area contributed by atoms with Crippen molar-refractivity contribution in [3.05, 3.63) is 29.3 Å². The van der Waals surface area contributed by atoms with Gasteiger partial charge in [-0.3, -0.25) is 9.59 Å². The quantitative estimate of drug-likeness (QED) is 0.807. The van der Waals surface area contributed by atoms with Crippen LogP contribution in [0.3, 0.4) is 0 Å². The van der Waals surface area contributed by atoms with E-state index in [1.165, 1.54) is 6.07 Å². The van der Waals surface area contributed by atoms with Crippen molar-refractivity contribution in [1.82, 2.24) is 10.2 Å². The van der Waals surface area contributed by atoms with Crippen molar-refractivity contribution in [2.24, 2.45) is 0 Å². The molecule has 1 saturated heterocycles. The van der Waals surface area contributed by atoms with Crippen LogP contribution in [-0.4, -0.2) is 41.5 Å². The molecule has 0 bridgehead atoms. The molecule has 1 aliphatic rings. The highest BCUT2D eigenvalue weighted by molar-refractivity contribution is 5.99. The zero-order chi connectivity index (χ0) is 13.3. The summed E-state index contributed by atoms with van der Waals surface area (Å²) in [6, 6.07) is 4.32. The van der Waals surface area contributed by atoms with E-state index in [9.17, 15) is 14.7 Å². The van der Waals surface area contributed by atoms with E-state index in [2.05, 4.69) is 5.32 Å². The summed E-state index contributed by atoms with van der Waals surface area (Å²) in [5.41, 5.74) is 0.922. The van der Waals surface area contributed by atoms with E-state index in [0.29, 0.717) is 24.1 Å². The van der Waals surface area contributed by atoms with Crippen LogP contribution in [0.4, 0.5) is 0 Å². The minimum Gasteiger partial charge on any atom is -0.508 e. The minimum absolute atomic E-state index is 0.0684. The molecule has 96 valence electrons. The van der Waals surface area contributed by atoms with Gasteiger partial charge in [0.2, 0.25) is 5.91 Å². The first-order valence-electron chi connectivity index (χ1n) is 5.85. The van der Waals surface area contributed by atoms with E-state index in [-0.39, 0.29) is 17.6 Å². The second kappa shape index (κ2) is 4.68. The second-order valence-electron chi connectivity index (χ2n) is 4.52. The lowest BCUT2D eigenvalue weighted by atomic mass is 10.1. The Labute approximate surface area is 105 Å². The fourth-order valence-corrected chi connectivity index (χ4v) is 2.06. The van der Waals surface area contributed by atoms with E-state index in [1.54, 1.807) is 31.0 Å². The molecule has 5 heteroatoms. The first kappa shape index (κ1) is 12.4. The molecule has 2 N–H and O–H groups in total. The van der Waals surface area contributed by atoms with Gasteiger partial charge in [0.1, 0.15) is 11.8 Å². The number of amides is 2. The molecule has 1 aliphatic heterocycles. The van der Waals surface area contributed by atoms with E-state index in [1.807, 2.05) is 0 Å². The summed E-state index contributed by atoms with van der Waals surface area (Å²) < 4.78 is 0. The Morgan fingerprint density at radius 2 is 2.22 bits per heavy atom. The Morgan fingerprint density at radius 1 is 1.50 bits per heavy atom. The monoisotopic (exact) mass is 248 g/mol. The molecule has 18 heavy (non-hydrogen) atoms. The third-order valence-electron chi connectivity index (χ3n) is 3.28. The Balaban J connectivity index is 2.13. The van der Waals surface area contributed by atoms with Crippen LogP contribution < -0.4 is 5.32 Å². The van der Waals surface area contributed by atoms with Gasteiger partial charge in [-0.15, -0.1) is 0 Å². The van der Waals surface area contributed by atoms with Crippen LogP contribution in [0.15, 0.2) is 18.2 Å². The average molecular weight is 248 g/mol. The third-order valence-corrected chi connectivity index (χ3v) is 3.28. The highest BCUT2D eigenvalue weighted by Crippen LogP contribution is 2.20. The number of benzene rings is 1. The van der Waals surface area contributed by atoms with Crippen LogP contribution in [0.25, 0.3) is 0 Å². The number of nitrogens with one attached hydrogen (secondary N) is 1. The van der Waals surface area contributed by atoms with Gasteiger partial charge in [-0.25, -0.2) is 0 Å². The molecule has 5 nitrogen and oxygen atoms in total. The fourth-order valence-electron chi connectivity index (χ4n) is 2.06. The zero-order valence-electron chi connectivity index (χ0n) is 10.4. The molecule has 1 heterocycles. The van der Waals surface area contributed by atoms with E-state index < -0.39 is 6.04 Å². The molecule has 0 aromatic heterocycles. The number of hydrogen-bond acceptors (Lipinski definition) is 3. The maximum atomic E-state index is 12.0. The van der Waals surface area contributed by atoms with Gasteiger partial charge in [-0.2, -0.15) is 0 Å². The lowest BCUT2D eigenvalue weighted by Gasteiger charge is -2.13. The van der Waals surface area contributed by atoms with Crippen molar-refractivity contribution in [3.63, 3.8) is 0 Å². The summed E-state index contributed by atoms with van der Waals surface area (Å²) in [5.74, 6) is -0.310. The van der Waals surface area contributed by atoms with Crippen LogP contribution in [0.1, 0.15) is 22.3 Å². The van der Waals surface area contributed by atoms with Crippen LogP contribution in [0, 0.1) is 6.92 Å². The number of phenols is 1. The number of aromatic hydroxyl groups is 1. The molecule has 1 fully saturated rings. The fraction of sp³-hybridized carbons (Fsp3) is 0.385. The van der Waals surface area contributed by atoms with Crippen LogP contribution >= 0.6 is 0 Å². The molecule has 1 aromatic carbocycles. The van der Waals surface area contributed by atoms with Gasteiger partial charge >= 0.3 is 0 Å². The average Bonchev–Trinajstić information content (AvgIpc) is 2.64. The highest BCUT2D eigenvalue weighted by atomic mass is 16.3. The lowest BCUT2D eigenvalue weighted by Crippen LogP contribution is -2.40. The van der Waals surface area contributed by atoms with E-state index in [0.717, 1.165) is 0 Å². The summed E-state index contributed by atoms with van der Waals surface area (Å²) in [4.78, 5) is 25.3. The Morgan fingerprint density at radius 3 is 2.83 bits per heavy atom. The normalized spacial score (nSPS) is 19.1. The maximum Gasteiger partial charge on any atom is 0.252 e. The number of carbonyl (C=O) groups excluding carboxylic acids is 2. The number of nitrogens with zero attached hydrogens (tertiary/aromatic N) is 1. The van der Waals surface area contributed by atoms with Gasteiger partial charge in [0.25, 0.3) is 5.91 Å². The van der Waals surface area contributed by atoms with Gasteiger partial charge in [0, 0.05) is 24.7 Å². The van der Waals surface area contributed by atoms with E-state index in [4.69, 9.17) is 0 Å². The first-order valence-corrected chi connectivity index (χ1v) is 5.85. The third kappa shape index (κ3) is 2.16. The lowest BCUT2D eigenvalue weighted by molar-refractivity contribution is -0.128. The van der Waals surface area contributed by atoms with Gasteiger partial charge in [-0.05, 0) is 25.5 Å². The first-order chi connectivity index (χ1) is 8.50. The Hall–Kier alpha value is -2.04. The van der Waals surface area contributed by atoms with Gasteiger partial charge < -0.3 is 15.3 Å². The molecule has 1 aromatic rings. The molecular weight excluding hydrogens is 232 g/mol. The SMILES string of the molecule is Cc1c(O)cccc1C(=O)NC1CCN(C)C1=O. The minimum atomic E-state index is -0.454. The largest absolute Gasteiger partial charge is 0.508 e. The van der Waals surface area contributed by atoms with Gasteiger partial charge in [-0.1, -0.05) is 6.07 Å². The maximum absolute atomic E-state index is 12.0. The van der Waals surface area contributed by atoms with Crippen molar-refractivity contribution < 1.29 is 14.7 Å². The second-order valence-corrected chi connectivity index (χ2v) is 4.52. The number of likely N-dealkylation sites (tertiary alicyclic amines) is 1. The number of carbonyl (C=O) groups is 2. The topological polar surface area (TPSA) is 69.6 Å². The number of phenolic OH excluding ortho intramolecular Hbond substituents is 1. The molecule has 0 radical (unpaired) electrons. The summed E-state index contributed by atoms with van der Waals surface area (Å²) in [5, 5.41) is 12.3. The summed E-state index contributed by atoms with van der Waals surface area (Å²) in [6.45, 7) is 2.33. The van der Waals surface area contributed by atoms with Crippen molar-refractivity contribution in [2.75, 3.05) is 13.6 Å². The number of likely N-dealkylation sites (N-methyl/N-ethyl adjacent to an activating group) is 1. The molecular formula is C13H16N2O3. The molecule has 0 saturated carbocycles. The van der Waals surface area contributed by atoms with Crippen LogP contribution in [0.2, 0.25) is 0 Å². The highest BCUT2D eigenvalue weighted by Gasteiger charge is 2.30.